The summed E-state index contributed by atoms with van der Waals surface area (Å²) in [5.74, 6) is -0.801. The third-order valence-corrected chi connectivity index (χ3v) is 7.39. The van der Waals surface area contributed by atoms with Gasteiger partial charge in [0, 0.05) is 18.8 Å². The van der Waals surface area contributed by atoms with E-state index in [9.17, 15) is 12.8 Å². The van der Waals surface area contributed by atoms with Crippen LogP contribution in [0.15, 0.2) is 108 Å². The van der Waals surface area contributed by atoms with Crippen molar-refractivity contribution in [2.24, 2.45) is 0 Å². The molecule has 0 aliphatic rings. The highest BCUT2D eigenvalue weighted by Gasteiger charge is 2.28. The summed E-state index contributed by atoms with van der Waals surface area (Å²) in [5.41, 5.74) is 9.18. The van der Waals surface area contributed by atoms with E-state index >= 15 is 0 Å². The third kappa shape index (κ3) is 6.07. The van der Waals surface area contributed by atoms with Gasteiger partial charge in [0.2, 0.25) is 0 Å². The minimum atomic E-state index is -4.21. The monoisotopic (exact) mass is 490 g/mol. The number of sulfonamides is 1. The Bertz CT molecular complexity index is 1350. The van der Waals surface area contributed by atoms with Crippen molar-refractivity contribution in [2.75, 3.05) is 23.2 Å². The highest BCUT2D eigenvalue weighted by molar-refractivity contribution is 7.92. The number of nitrogens with two attached hydrogens (primary N) is 1. The van der Waals surface area contributed by atoms with Crippen molar-refractivity contribution in [1.29, 1.82) is 0 Å². The highest BCUT2D eigenvalue weighted by atomic mass is 32.2. The summed E-state index contributed by atoms with van der Waals surface area (Å²) >= 11 is 0. The fourth-order valence-electron chi connectivity index (χ4n) is 3.73. The minimum absolute atomic E-state index is 0.121. The van der Waals surface area contributed by atoms with Crippen LogP contribution in [0.5, 0.6) is 0 Å². The van der Waals surface area contributed by atoms with Crippen molar-refractivity contribution < 1.29 is 17.5 Å². The van der Waals surface area contributed by atoms with E-state index in [2.05, 4.69) is 0 Å². The Kier molecular flexibility index (Phi) is 7.80. The first-order chi connectivity index (χ1) is 16.9. The molecular formula is C28H27FN2O3S. The molecule has 0 bridgehead atoms. The Hall–Kier alpha value is -3.68. The molecule has 0 radical (unpaired) electrons. The van der Waals surface area contributed by atoms with E-state index in [1.165, 1.54) is 16.4 Å². The van der Waals surface area contributed by atoms with Gasteiger partial charge >= 0.3 is 0 Å². The van der Waals surface area contributed by atoms with Crippen LogP contribution in [0.25, 0.3) is 11.1 Å². The third-order valence-electron chi connectivity index (χ3n) is 5.55. The lowest BCUT2D eigenvalue weighted by atomic mass is 10.1. The molecule has 0 fully saturated rings. The normalized spacial score (nSPS) is 11.3. The van der Waals surface area contributed by atoms with Gasteiger partial charge in [0.15, 0.2) is 0 Å². The number of benzene rings is 4. The molecular weight excluding hydrogens is 463 g/mol. The van der Waals surface area contributed by atoms with E-state index in [0.717, 1.165) is 11.1 Å². The van der Waals surface area contributed by atoms with Gasteiger partial charge in [-0.2, -0.15) is 0 Å². The van der Waals surface area contributed by atoms with Crippen LogP contribution >= 0.6 is 0 Å². The van der Waals surface area contributed by atoms with Crippen LogP contribution in [0.3, 0.4) is 0 Å². The molecule has 0 saturated heterocycles. The Labute approximate surface area is 205 Å². The van der Waals surface area contributed by atoms with E-state index < -0.39 is 15.8 Å². The summed E-state index contributed by atoms with van der Waals surface area (Å²) in [7, 11) is -4.21. The Morgan fingerprint density at radius 1 is 0.800 bits per heavy atom. The Morgan fingerprint density at radius 2 is 1.46 bits per heavy atom. The van der Waals surface area contributed by atoms with Crippen LogP contribution < -0.4 is 10.0 Å². The maximum absolute atomic E-state index is 14.9. The number of rotatable bonds is 10. The van der Waals surface area contributed by atoms with Crippen LogP contribution in [0.4, 0.5) is 15.8 Å². The second kappa shape index (κ2) is 11.2. The van der Waals surface area contributed by atoms with Gasteiger partial charge in [-0.3, -0.25) is 4.31 Å². The van der Waals surface area contributed by atoms with E-state index in [4.69, 9.17) is 10.5 Å². The molecule has 0 saturated carbocycles. The Morgan fingerprint density at radius 3 is 2.14 bits per heavy atom. The SMILES string of the molecule is Nc1ccc(N(CCCOCc2ccccc2)S(=O)(=O)c2cc(-c3ccccc3)ccc2F)cc1. The number of halogens is 1. The lowest BCUT2D eigenvalue weighted by Crippen LogP contribution is -2.33. The summed E-state index contributed by atoms with van der Waals surface area (Å²) in [5, 5.41) is 0. The molecule has 35 heavy (non-hydrogen) atoms. The molecule has 0 atom stereocenters. The van der Waals surface area contributed by atoms with Crippen LogP contribution in [0, 0.1) is 5.82 Å². The highest BCUT2D eigenvalue weighted by Crippen LogP contribution is 2.30. The van der Waals surface area contributed by atoms with E-state index in [-0.39, 0.29) is 11.4 Å². The van der Waals surface area contributed by atoms with Gasteiger partial charge in [-0.05, 0) is 59.5 Å². The van der Waals surface area contributed by atoms with Crippen LogP contribution in [0.1, 0.15) is 12.0 Å². The first-order valence-electron chi connectivity index (χ1n) is 11.3. The van der Waals surface area contributed by atoms with E-state index in [1.54, 1.807) is 30.3 Å². The smallest absolute Gasteiger partial charge is 0.267 e. The molecule has 0 unspecified atom stereocenters. The molecule has 0 spiro atoms. The zero-order valence-electron chi connectivity index (χ0n) is 19.2. The molecule has 7 heteroatoms. The van der Waals surface area contributed by atoms with Gasteiger partial charge in [-0.15, -0.1) is 0 Å². The predicted molar refractivity (Wildman–Crippen MR) is 138 cm³/mol. The molecule has 0 aromatic heterocycles. The standard InChI is InChI=1S/C28H27FN2O3S/c29-27-17-12-24(23-10-5-2-6-11-23)20-28(27)35(32,33)31(26-15-13-25(30)14-16-26)18-7-19-34-21-22-8-3-1-4-9-22/h1-6,8-17,20H,7,18-19,21,30H2. The average molecular weight is 491 g/mol. The second-order valence-electron chi connectivity index (χ2n) is 8.07. The molecule has 5 nitrogen and oxygen atoms in total. The molecule has 0 heterocycles. The summed E-state index contributed by atoms with van der Waals surface area (Å²) in [4.78, 5) is -0.374. The van der Waals surface area contributed by atoms with Crippen LogP contribution in [-0.4, -0.2) is 21.6 Å². The molecule has 4 aromatic rings. The fraction of sp³-hybridized carbons (Fsp3) is 0.143. The van der Waals surface area contributed by atoms with Crippen LogP contribution in [-0.2, 0) is 21.4 Å². The van der Waals surface area contributed by atoms with Gasteiger partial charge in [-0.25, -0.2) is 12.8 Å². The number of nitrogens with zero attached hydrogens (tertiary/aromatic N) is 1. The zero-order valence-corrected chi connectivity index (χ0v) is 20.0. The number of hydrogen-bond donors (Lipinski definition) is 1. The van der Waals surface area contributed by atoms with E-state index in [0.29, 0.717) is 36.6 Å². The van der Waals surface area contributed by atoms with Crippen molar-refractivity contribution in [1.82, 2.24) is 0 Å². The largest absolute Gasteiger partial charge is 0.399 e. The minimum Gasteiger partial charge on any atom is -0.399 e. The van der Waals surface area contributed by atoms with Crippen molar-refractivity contribution >= 4 is 21.4 Å². The Balaban J connectivity index is 1.58. The molecule has 2 N–H and O–H groups in total. The summed E-state index contributed by atoms with van der Waals surface area (Å²) in [6.45, 7) is 0.904. The summed E-state index contributed by atoms with van der Waals surface area (Å²) in [6.07, 6.45) is 0.427. The maximum atomic E-state index is 14.9. The first-order valence-corrected chi connectivity index (χ1v) is 12.7. The average Bonchev–Trinajstić information content (AvgIpc) is 2.88. The van der Waals surface area contributed by atoms with Crippen LogP contribution in [0.2, 0.25) is 0 Å². The van der Waals surface area contributed by atoms with Crippen molar-refractivity contribution in [2.45, 2.75) is 17.9 Å². The molecule has 180 valence electrons. The van der Waals surface area contributed by atoms with Crippen molar-refractivity contribution in [3.05, 3.63) is 115 Å². The second-order valence-corrected chi connectivity index (χ2v) is 9.90. The summed E-state index contributed by atoms with van der Waals surface area (Å²) in [6, 6.07) is 29.7. The molecule has 4 rings (SSSR count). The zero-order chi connectivity index (χ0) is 24.7. The van der Waals surface area contributed by atoms with Gasteiger partial charge < -0.3 is 10.5 Å². The number of ether oxygens (including phenoxy) is 1. The predicted octanol–water partition coefficient (Wildman–Crippen LogP) is 5.88. The van der Waals surface area contributed by atoms with Gasteiger partial charge in [0.25, 0.3) is 10.0 Å². The molecule has 0 amide bonds. The van der Waals surface area contributed by atoms with Gasteiger partial charge in [0.1, 0.15) is 10.7 Å². The lowest BCUT2D eigenvalue weighted by molar-refractivity contribution is 0.120. The quantitative estimate of drug-likeness (QED) is 0.223. The number of anilines is 2. The molecule has 0 aliphatic carbocycles. The van der Waals surface area contributed by atoms with E-state index in [1.807, 2.05) is 60.7 Å². The molecule has 0 aliphatic heterocycles. The van der Waals surface area contributed by atoms with Crippen molar-refractivity contribution in [3.8, 4) is 11.1 Å². The fourth-order valence-corrected chi connectivity index (χ4v) is 5.33. The number of hydrogen-bond acceptors (Lipinski definition) is 4. The van der Waals surface area contributed by atoms with Crippen molar-refractivity contribution in [3.63, 3.8) is 0 Å². The topological polar surface area (TPSA) is 72.6 Å². The lowest BCUT2D eigenvalue weighted by Gasteiger charge is -2.25. The van der Waals surface area contributed by atoms with Gasteiger partial charge in [0.05, 0.1) is 12.3 Å². The molecule has 4 aromatic carbocycles. The van der Waals surface area contributed by atoms with Gasteiger partial charge in [-0.1, -0.05) is 66.7 Å². The first kappa shape index (κ1) is 24.4. The maximum Gasteiger partial charge on any atom is 0.267 e. The summed E-state index contributed by atoms with van der Waals surface area (Å²) < 4.78 is 49.3. The number of nitrogen functional groups attached to an aromatic ring is 1.